The normalized spacial score (nSPS) is 40.1. The van der Waals surface area contributed by atoms with Gasteiger partial charge in [-0.15, -0.1) is 15.6 Å². The lowest BCUT2D eigenvalue weighted by molar-refractivity contribution is 0.777. The zero-order chi connectivity index (χ0) is 12.6. The van der Waals surface area contributed by atoms with E-state index in [-0.39, 0.29) is 15.6 Å². The molecule has 2 aliphatic rings. The third-order valence-electron chi connectivity index (χ3n) is 4.86. The van der Waals surface area contributed by atoms with E-state index >= 15 is 0 Å². The molecule has 1 nitrogen and oxygen atoms in total. The van der Waals surface area contributed by atoms with E-state index in [0.717, 1.165) is 28.9 Å². The molecular formula is C13H28BNP2. The van der Waals surface area contributed by atoms with Crippen LogP contribution in [0.5, 0.6) is 0 Å². The van der Waals surface area contributed by atoms with Crippen molar-refractivity contribution in [3.8, 4) is 0 Å². The van der Waals surface area contributed by atoms with Gasteiger partial charge < -0.3 is 5.23 Å². The van der Waals surface area contributed by atoms with Crippen molar-refractivity contribution in [3.05, 3.63) is 0 Å². The summed E-state index contributed by atoms with van der Waals surface area (Å²) in [5.74, 6) is 0. The van der Waals surface area contributed by atoms with Crippen molar-refractivity contribution >= 4 is 21.9 Å². The minimum absolute atomic E-state index is 0.222. The summed E-state index contributed by atoms with van der Waals surface area (Å²) in [6.45, 7) is 10.1. The first kappa shape index (κ1) is 14.3. The highest BCUT2D eigenvalue weighted by molar-refractivity contribution is 8.20. The number of rotatable bonds is 3. The van der Waals surface area contributed by atoms with Crippen molar-refractivity contribution in [1.29, 1.82) is 0 Å². The van der Waals surface area contributed by atoms with Crippen LogP contribution in [0.25, 0.3) is 0 Å². The molecular weight excluding hydrogens is 243 g/mol. The summed E-state index contributed by atoms with van der Waals surface area (Å²) in [5.41, 5.74) is 4.00. The maximum Gasteiger partial charge on any atom is 0.280 e. The smallest absolute Gasteiger partial charge is 0.280 e. The van der Waals surface area contributed by atoms with Crippen molar-refractivity contribution in [2.45, 2.75) is 76.0 Å². The van der Waals surface area contributed by atoms with Crippen LogP contribution < -0.4 is 5.23 Å². The molecule has 0 aromatic carbocycles. The molecule has 0 aliphatic carbocycles. The molecule has 0 saturated carbocycles. The molecule has 4 heteroatoms. The second kappa shape index (κ2) is 5.89. The van der Waals surface area contributed by atoms with Gasteiger partial charge in [0.25, 0.3) is 6.29 Å². The maximum atomic E-state index is 3.77. The first-order chi connectivity index (χ1) is 8.06. The van der Waals surface area contributed by atoms with Crippen LogP contribution >= 0.6 is 15.6 Å². The molecule has 2 fully saturated rings. The minimum atomic E-state index is 0.222. The Kier molecular flexibility index (Phi) is 4.96. The number of nitrogens with one attached hydrogen (secondary N) is 1. The van der Waals surface area contributed by atoms with Crippen molar-refractivity contribution < 1.29 is 0 Å². The molecule has 2 heterocycles. The van der Waals surface area contributed by atoms with Crippen molar-refractivity contribution in [2.75, 3.05) is 7.05 Å². The Hall–Kier alpha value is 0.885. The van der Waals surface area contributed by atoms with Gasteiger partial charge in [0.15, 0.2) is 0 Å². The molecule has 0 unspecified atom stereocenters. The fourth-order valence-electron chi connectivity index (χ4n) is 3.85. The van der Waals surface area contributed by atoms with Crippen molar-refractivity contribution in [1.82, 2.24) is 5.23 Å². The Morgan fingerprint density at radius 3 is 1.29 bits per heavy atom. The van der Waals surface area contributed by atoms with E-state index in [0.29, 0.717) is 0 Å². The van der Waals surface area contributed by atoms with E-state index in [1.54, 1.807) is 0 Å². The van der Waals surface area contributed by atoms with Gasteiger partial charge in [0.2, 0.25) is 0 Å². The summed E-state index contributed by atoms with van der Waals surface area (Å²) in [6.07, 6.45) is 6.82. The molecule has 1 N–H and O–H groups in total. The van der Waals surface area contributed by atoms with E-state index in [1.165, 1.54) is 25.7 Å². The molecule has 0 aromatic heterocycles. The molecule has 0 spiro atoms. The topological polar surface area (TPSA) is 12.0 Å². The van der Waals surface area contributed by atoms with Crippen molar-refractivity contribution in [2.24, 2.45) is 0 Å². The van der Waals surface area contributed by atoms with E-state index in [2.05, 4.69) is 40.0 Å². The second-order valence-corrected chi connectivity index (χ2v) is 12.9. The van der Waals surface area contributed by atoms with Crippen LogP contribution in [0.1, 0.15) is 53.4 Å². The summed E-state index contributed by atoms with van der Waals surface area (Å²) in [5, 5.41) is 3.77. The Morgan fingerprint density at radius 1 is 0.765 bits per heavy atom. The Bertz CT molecular complexity index is 220. The SMILES string of the molecule is CNB(P1[C@H](C)CC[C@H]1C)P1[C@H](C)CC[C@H]1C. The zero-order valence-electron chi connectivity index (χ0n) is 12.1. The highest BCUT2D eigenvalue weighted by Crippen LogP contribution is 2.69. The monoisotopic (exact) mass is 271 g/mol. The average molecular weight is 271 g/mol. The van der Waals surface area contributed by atoms with Gasteiger partial charge in [0.05, 0.1) is 0 Å². The van der Waals surface area contributed by atoms with Gasteiger partial charge in [0.1, 0.15) is 0 Å². The largest absolute Gasteiger partial charge is 0.350 e. The van der Waals surface area contributed by atoms with Crippen LogP contribution in [0, 0.1) is 0 Å². The molecule has 0 bridgehead atoms. The lowest BCUT2D eigenvalue weighted by atomic mass is 10.2. The summed E-state index contributed by atoms with van der Waals surface area (Å²) in [6, 6.07) is 0. The third kappa shape index (κ3) is 2.75. The Labute approximate surface area is 110 Å². The highest BCUT2D eigenvalue weighted by Gasteiger charge is 2.46. The van der Waals surface area contributed by atoms with Gasteiger partial charge in [-0.1, -0.05) is 27.7 Å². The van der Waals surface area contributed by atoms with Gasteiger partial charge in [0, 0.05) is 0 Å². The molecule has 0 radical (unpaired) electrons. The first-order valence-corrected chi connectivity index (χ1v) is 10.4. The quantitative estimate of drug-likeness (QED) is 0.596. The van der Waals surface area contributed by atoms with Crippen LogP contribution in [0.4, 0.5) is 0 Å². The van der Waals surface area contributed by atoms with E-state index in [4.69, 9.17) is 0 Å². The van der Waals surface area contributed by atoms with Gasteiger partial charge >= 0.3 is 0 Å². The molecule has 17 heavy (non-hydrogen) atoms. The van der Waals surface area contributed by atoms with Crippen LogP contribution in [-0.4, -0.2) is 36.0 Å². The van der Waals surface area contributed by atoms with E-state index < -0.39 is 0 Å². The van der Waals surface area contributed by atoms with Gasteiger partial charge in [-0.05, 0) is 55.4 Å². The molecule has 2 aliphatic heterocycles. The van der Waals surface area contributed by atoms with Crippen LogP contribution in [-0.2, 0) is 0 Å². The fourth-order valence-corrected chi connectivity index (χ4v) is 13.9. The molecule has 2 rings (SSSR count). The maximum absolute atomic E-state index is 3.77. The van der Waals surface area contributed by atoms with Crippen LogP contribution in [0.3, 0.4) is 0 Å². The average Bonchev–Trinajstić information content (AvgIpc) is 2.78. The van der Waals surface area contributed by atoms with Crippen LogP contribution in [0.2, 0.25) is 0 Å². The lowest BCUT2D eigenvalue weighted by Gasteiger charge is -2.36. The van der Waals surface area contributed by atoms with Gasteiger partial charge in [-0.25, -0.2) is 0 Å². The molecule has 0 amide bonds. The Morgan fingerprint density at radius 2 is 1.06 bits per heavy atom. The number of hydrogen-bond acceptors (Lipinski definition) is 1. The first-order valence-electron chi connectivity index (χ1n) is 7.28. The summed E-state index contributed by atoms with van der Waals surface area (Å²) < 4.78 is 0. The minimum Gasteiger partial charge on any atom is -0.350 e. The summed E-state index contributed by atoms with van der Waals surface area (Å²) >= 11 is 0. The predicted octanol–water partition coefficient (Wildman–Crippen LogP) is 4.30. The fraction of sp³-hybridized carbons (Fsp3) is 1.00. The highest BCUT2D eigenvalue weighted by atomic mass is 31.2. The summed E-state index contributed by atoms with van der Waals surface area (Å²) in [4.78, 5) is 0. The standard InChI is InChI=1S/C13H28BNP2/c1-10-6-7-11(2)16(10)14(15-5)17-12(3)8-9-13(17)4/h10-13,15H,6-9H2,1-5H3/t10-,11-,12-,13-/m1/s1. The lowest BCUT2D eigenvalue weighted by Crippen LogP contribution is -2.34. The predicted molar refractivity (Wildman–Crippen MR) is 85.0 cm³/mol. The Balaban J connectivity index is 2.15. The molecule has 4 atom stereocenters. The van der Waals surface area contributed by atoms with Gasteiger partial charge in [-0.2, -0.15) is 0 Å². The van der Waals surface area contributed by atoms with Gasteiger partial charge in [-0.3, -0.25) is 0 Å². The molecule has 0 aromatic rings. The summed E-state index contributed by atoms with van der Waals surface area (Å²) in [7, 11) is 2.67. The van der Waals surface area contributed by atoms with E-state index in [9.17, 15) is 0 Å². The van der Waals surface area contributed by atoms with E-state index in [1.807, 2.05) is 0 Å². The zero-order valence-corrected chi connectivity index (χ0v) is 13.9. The van der Waals surface area contributed by atoms with Crippen LogP contribution in [0.15, 0.2) is 0 Å². The van der Waals surface area contributed by atoms with Crippen molar-refractivity contribution in [3.63, 3.8) is 0 Å². The molecule has 2 saturated heterocycles. The third-order valence-corrected chi connectivity index (χ3v) is 13.2. The molecule has 98 valence electrons. The second-order valence-electron chi connectivity index (χ2n) is 6.11. The number of hydrogen-bond donors (Lipinski definition) is 1.